The number of hydrogen-bond acceptors (Lipinski definition) is 6. The lowest BCUT2D eigenvalue weighted by atomic mass is 10.1. The Morgan fingerprint density at radius 1 is 1.32 bits per heavy atom. The van der Waals surface area contributed by atoms with Gasteiger partial charge in [0.05, 0.1) is 5.69 Å². The van der Waals surface area contributed by atoms with Crippen LogP contribution in [0.15, 0.2) is 34.8 Å². The van der Waals surface area contributed by atoms with Crippen LogP contribution in [0.1, 0.15) is 44.5 Å². The minimum Gasteiger partial charge on any atom is -0.442 e. The first-order valence-corrected chi connectivity index (χ1v) is 10.1. The van der Waals surface area contributed by atoms with Crippen molar-refractivity contribution in [1.82, 2.24) is 4.57 Å². The molecule has 0 aliphatic rings. The van der Waals surface area contributed by atoms with Crippen LogP contribution in [0.4, 0.5) is 10.1 Å². The monoisotopic (exact) mass is 472 g/mol. The third kappa shape index (κ3) is 7.89. The third-order valence-corrected chi connectivity index (χ3v) is 4.60. The number of nitrogens with two attached hydrogens (primary N) is 1. The van der Waals surface area contributed by atoms with Crippen molar-refractivity contribution >= 4 is 47.2 Å². The second-order valence-corrected chi connectivity index (χ2v) is 8.57. The van der Waals surface area contributed by atoms with Crippen molar-refractivity contribution in [1.29, 1.82) is 0 Å². The fourth-order valence-corrected chi connectivity index (χ4v) is 2.99. The number of esters is 1. The number of anilines is 1. The lowest BCUT2D eigenvalue weighted by Crippen LogP contribution is -2.43. The smallest absolute Gasteiger partial charge is 0.327 e. The number of rotatable bonds is 7. The van der Waals surface area contributed by atoms with Crippen LogP contribution < -0.4 is 15.9 Å². The molecule has 0 aliphatic carbocycles. The molecule has 0 saturated carbocycles. The fraction of sp³-hybridized carbons (Fsp3) is 0.400. The van der Waals surface area contributed by atoms with Crippen LogP contribution in [0, 0.1) is 11.7 Å². The van der Waals surface area contributed by atoms with Crippen LogP contribution in [-0.2, 0) is 21.1 Å². The Kier molecular flexibility index (Phi) is 9.54. The Hall–Kier alpha value is -2.56. The van der Waals surface area contributed by atoms with Gasteiger partial charge in [-0.1, -0.05) is 13.8 Å². The van der Waals surface area contributed by atoms with Crippen molar-refractivity contribution in [2.24, 2.45) is 16.6 Å². The number of halogens is 2. The summed E-state index contributed by atoms with van der Waals surface area (Å²) in [6.07, 6.45) is 1.86. The minimum absolute atomic E-state index is 0. The average Bonchev–Trinajstić information content (AvgIpc) is 3.06. The van der Waals surface area contributed by atoms with Gasteiger partial charge in [0.15, 0.2) is 11.5 Å². The molecule has 8 nitrogen and oxygen atoms in total. The summed E-state index contributed by atoms with van der Waals surface area (Å²) in [5.74, 6) is -2.17. The lowest BCUT2D eigenvalue weighted by Gasteiger charge is -2.16. The predicted octanol–water partition coefficient (Wildman–Crippen LogP) is 3.07. The van der Waals surface area contributed by atoms with E-state index in [1.165, 1.54) is 30.5 Å². The summed E-state index contributed by atoms with van der Waals surface area (Å²) < 4.78 is 20.9. The molecule has 0 spiro atoms. The van der Waals surface area contributed by atoms with Gasteiger partial charge in [-0.2, -0.15) is 4.99 Å². The third-order valence-electron chi connectivity index (χ3n) is 3.80. The molecule has 3 N–H and O–H groups in total. The van der Waals surface area contributed by atoms with Crippen LogP contribution in [-0.4, -0.2) is 27.9 Å². The topological polar surface area (TPSA) is 116 Å². The van der Waals surface area contributed by atoms with Gasteiger partial charge in [0.1, 0.15) is 11.4 Å². The van der Waals surface area contributed by atoms with Crippen molar-refractivity contribution in [2.75, 3.05) is 5.32 Å². The maximum absolute atomic E-state index is 14.3. The number of thiazole rings is 1. The van der Waals surface area contributed by atoms with Crippen molar-refractivity contribution in [3.8, 4) is 0 Å². The molecule has 0 aliphatic heterocycles. The Morgan fingerprint density at radius 3 is 2.58 bits per heavy atom. The zero-order valence-corrected chi connectivity index (χ0v) is 19.3. The van der Waals surface area contributed by atoms with Crippen molar-refractivity contribution < 1.29 is 23.5 Å². The molecule has 11 heteroatoms. The minimum atomic E-state index is -1.15. The number of nitrogens with zero attached hydrogens (tertiary/aromatic N) is 2. The molecule has 2 amide bonds. The second-order valence-electron chi connectivity index (χ2n) is 7.70. The maximum atomic E-state index is 14.3. The highest BCUT2D eigenvalue weighted by Gasteiger charge is 2.23. The summed E-state index contributed by atoms with van der Waals surface area (Å²) in [7, 11) is 0. The number of ether oxygens (including phenoxy) is 1. The van der Waals surface area contributed by atoms with Crippen LogP contribution in [0.5, 0.6) is 0 Å². The SMILES string of the molecule is CC(C)CC(=O)Nc1ccc(C(=O)N=c2sccn2COC(=O)C(C)(C)N)cc1F.Cl. The van der Waals surface area contributed by atoms with Gasteiger partial charge in [-0.3, -0.25) is 19.0 Å². The lowest BCUT2D eigenvalue weighted by molar-refractivity contribution is -0.152. The maximum Gasteiger partial charge on any atom is 0.327 e. The van der Waals surface area contributed by atoms with E-state index in [4.69, 9.17) is 10.5 Å². The molecule has 0 atom stereocenters. The van der Waals surface area contributed by atoms with Gasteiger partial charge < -0.3 is 15.8 Å². The summed E-state index contributed by atoms with van der Waals surface area (Å²) in [6.45, 7) is 6.64. The first-order valence-electron chi connectivity index (χ1n) is 9.26. The molecule has 0 fully saturated rings. The first-order chi connectivity index (χ1) is 14.0. The Morgan fingerprint density at radius 2 is 2.00 bits per heavy atom. The summed E-state index contributed by atoms with van der Waals surface area (Å²) >= 11 is 1.16. The van der Waals surface area contributed by atoms with E-state index in [-0.39, 0.29) is 53.4 Å². The van der Waals surface area contributed by atoms with Gasteiger partial charge in [-0.15, -0.1) is 23.7 Å². The van der Waals surface area contributed by atoms with E-state index < -0.39 is 23.2 Å². The number of amides is 2. The van der Waals surface area contributed by atoms with Crippen molar-refractivity contribution in [3.63, 3.8) is 0 Å². The van der Waals surface area contributed by atoms with E-state index in [1.54, 1.807) is 11.6 Å². The zero-order chi connectivity index (χ0) is 22.5. The molecule has 0 bridgehead atoms. The number of nitrogens with one attached hydrogen (secondary N) is 1. The van der Waals surface area contributed by atoms with Gasteiger partial charge in [0.25, 0.3) is 5.91 Å². The van der Waals surface area contributed by atoms with E-state index in [2.05, 4.69) is 10.3 Å². The summed E-state index contributed by atoms with van der Waals surface area (Å²) in [5, 5.41) is 4.15. The van der Waals surface area contributed by atoms with Crippen LogP contribution in [0.3, 0.4) is 0 Å². The fourth-order valence-electron chi connectivity index (χ4n) is 2.27. The van der Waals surface area contributed by atoms with Gasteiger partial charge in [-0.25, -0.2) is 4.39 Å². The predicted molar refractivity (Wildman–Crippen MR) is 118 cm³/mol. The van der Waals surface area contributed by atoms with Gasteiger partial charge in [0, 0.05) is 23.6 Å². The van der Waals surface area contributed by atoms with E-state index >= 15 is 0 Å². The molecular formula is C20H26ClFN4O4S. The highest BCUT2D eigenvalue weighted by Crippen LogP contribution is 2.17. The molecule has 31 heavy (non-hydrogen) atoms. The number of carbonyl (C=O) groups excluding carboxylic acids is 3. The van der Waals surface area contributed by atoms with Gasteiger partial charge in [-0.05, 0) is 38.0 Å². The van der Waals surface area contributed by atoms with Gasteiger partial charge >= 0.3 is 5.97 Å². The van der Waals surface area contributed by atoms with Crippen LogP contribution >= 0.6 is 23.7 Å². The second kappa shape index (κ2) is 11.2. The van der Waals surface area contributed by atoms with E-state index in [9.17, 15) is 18.8 Å². The summed E-state index contributed by atoms with van der Waals surface area (Å²) in [5.41, 5.74) is 4.55. The van der Waals surface area contributed by atoms with Gasteiger partial charge in [0.2, 0.25) is 5.91 Å². The summed E-state index contributed by atoms with van der Waals surface area (Å²) in [4.78, 5) is 40.3. The molecule has 0 radical (unpaired) electrons. The zero-order valence-electron chi connectivity index (χ0n) is 17.7. The van der Waals surface area contributed by atoms with E-state index in [0.29, 0.717) is 0 Å². The van der Waals surface area contributed by atoms with E-state index in [1.807, 2.05) is 13.8 Å². The number of carbonyl (C=O) groups is 3. The van der Waals surface area contributed by atoms with Crippen LogP contribution in [0.25, 0.3) is 0 Å². The van der Waals surface area contributed by atoms with Crippen LogP contribution in [0.2, 0.25) is 0 Å². The molecule has 1 aromatic carbocycles. The first kappa shape index (κ1) is 26.5. The number of benzene rings is 1. The highest BCUT2D eigenvalue weighted by molar-refractivity contribution is 7.07. The van der Waals surface area contributed by atoms with Crippen molar-refractivity contribution in [2.45, 2.75) is 46.4 Å². The molecular weight excluding hydrogens is 447 g/mol. The molecule has 170 valence electrons. The number of aromatic nitrogens is 1. The Bertz CT molecular complexity index is 1010. The number of hydrogen-bond donors (Lipinski definition) is 2. The highest BCUT2D eigenvalue weighted by atomic mass is 35.5. The molecule has 1 heterocycles. The molecule has 2 aromatic rings. The largest absolute Gasteiger partial charge is 0.442 e. The Balaban J connectivity index is 0.00000480. The molecule has 1 aromatic heterocycles. The molecule has 0 unspecified atom stereocenters. The van der Waals surface area contributed by atoms with E-state index in [0.717, 1.165) is 17.4 Å². The standard InChI is InChI=1S/C20H25FN4O4S.ClH/c1-12(2)9-16(26)23-15-6-5-13(10-14(15)21)17(27)24-19-25(7-8-30-19)11-29-18(28)20(3,4)22;/h5-8,10,12H,9,11,22H2,1-4H3,(H,23,26);1H. The van der Waals surface area contributed by atoms with Crippen molar-refractivity contribution in [3.05, 3.63) is 46.0 Å². The molecule has 0 saturated heterocycles. The normalized spacial score (nSPS) is 11.8. The quantitative estimate of drug-likeness (QED) is 0.601. The Labute approximate surface area is 189 Å². The average molecular weight is 473 g/mol. The molecule has 2 rings (SSSR count). The summed E-state index contributed by atoms with van der Waals surface area (Å²) in [6, 6.07) is 3.73.